The van der Waals surface area contributed by atoms with Crippen LogP contribution in [0.2, 0.25) is 0 Å². The number of carbonyl (C=O) groups is 2. The second-order valence-electron chi connectivity index (χ2n) is 4.48. The predicted octanol–water partition coefficient (Wildman–Crippen LogP) is 2.72. The number of ether oxygens (including phenoxy) is 1. The van der Waals surface area contributed by atoms with E-state index in [-0.39, 0.29) is 11.7 Å². The van der Waals surface area contributed by atoms with Gasteiger partial charge in [-0.05, 0) is 19.4 Å². The normalized spacial score (nSPS) is 12.6. The number of hydrogen-bond donors (Lipinski definition) is 2. The van der Waals surface area contributed by atoms with Gasteiger partial charge in [0.25, 0.3) is 0 Å². The maximum atomic E-state index is 11.5. The van der Waals surface area contributed by atoms with Crippen molar-refractivity contribution >= 4 is 12.1 Å². The molecule has 0 aromatic heterocycles. The highest BCUT2D eigenvalue weighted by molar-refractivity contribution is 5.85. The fraction of sp³-hybridized carbons (Fsp3) is 0.333. The molecule has 1 aromatic rings. The third-order valence-electron chi connectivity index (χ3n) is 2.68. The average Bonchev–Trinajstić information content (AvgIpc) is 2.43. The minimum absolute atomic E-state index is 0.241. The molecule has 0 heterocycles. The number of aliphatic carboxylic acids is 1. The molecule has 1 aromatic carbocycles. The topological polar surface area (TPSA) is 75.6 Å². The standard InChI is InChI=1S/C15H19NO4/c1-11(14(17)18)8-9-12(2)20-15(19)16-10-13-6-4-3-5-7-13/h3-8,12H,9-10H2,1-2H3,(H,16,19)(H,17,18). The Hall–Kier alpha value is -2.30. The van der Waals surface area contributed by atoms with E-state index in [9.17, 15) is 9.59 Å². The van der Waals surface area contributed by atoms with E-state index < -0.39 is 12.1 Å². The Bertz CT molecular complexity index is 482. The average molecular weight is 277 g/mol. The van der Waals surface area contributed by atoms with Gasteiger partial charge in [0.2, 0.25) is 0 Å². The number of hydrogen-bond acceptors (Lipinski definition) is 3. The molecule has 5 heteroatoms. The number of alkyl carbamates (subject to hydrolysis) is 1. The third-order valence-corrected chi connectivity index (χ3v) is 2.68. The predicted molar refractivity (Wildman–Crippen MR) is 75.2 cm³/mol. The van der Waals surface area contributed by atoms with Crippen LogP contribution in [0.15, 0.2) is 42.0 Å². The van der Waals surface area contributed by atoms with Gasteiger partial charge in [-0.2, -0.15) is 0 Å². The van der Waals surface area contributed by atoms with Gasteiger partial charge in [-0.3, -0.25) is 0 Å². The van der Waals surface area contributed by atoms with E-state index in [0.717, 1.165) is 5.56 Å². The Morgan fingerprint density at radius 2 is 2.00 bits per heavy atom. The Morgan fingerprint density at radius 1 is 1.35 bits per heavy atom. The quantitative estimate of drug-likeness (QED) is 0.784. The zero-order valence-electron chi connectivity index (χ0n) is 11.6. The number of amides is 1. The molecule has 1 atom stereocenters. The van der Waals surface area contributed by atoms with Gasteiger partial charge in [-0.1, -0.05) is 36.4 Å². The van der Waals surface area contributed by atoms with Crippen LogP contribution in [0, 0.1) is 0 Å². The molecule has 1 amide bonds. The van der Waals surface area contributed by atoms with Crippen molar-refractivity contribution in [3.8, 4) is 0 Å². The summed E-state index contributed by atoms with van der Waals surface area (Å²) in [5.74, 6) is -0.967. The molecule has 0 saturated heterocycles. The number of carboxylic acid groups (broad SMARTS) is 1. The van der Waals surface area contributed by atoms with Crippen LogP contribution in [0.25, 0.3) is 0 Å². The van der Waals surface area contributed by atoms with Crippen LogP contribution in [-0.2, 0) is 16.1 Å². The van der Waals surface area contributed by atoms with E-state index in [1.807, 2.05) is 30.3 Å². The lowest BCUT2D eigenvalue weighted by molar-refractivity contribution is -0.132. The molecule has 0 aliphatic rings. The van der Waals surface area contributed by atoms with Crippen molar-refractivity contribution in [2.45, 2.75) is 32.9 Å². The summed E-state index contributed by atoms with van der Waals surface area (Å²) in [6.45, 7) is 3.62. The van der Waals surface area contributed by atoms with Crippen molar-refractivity contribution in [3.63, 3.8) is 0 Å². The Kier molecular flexibility index (Phi) is 6.29. The SMILES string of the molecule is CC(=CCC(C)OC(=O)NCc1ccccc1)C(=O)O. The first-order chi connectivity index (χ1) is 9.49. The maximum absolute atomic E-state index is 11.5. The number of carbonyl (C=O) groups excluding carboxylic acids is 1. The van der Waals surface area contributed by atoms with Gasteiger partial charge in [0.05, 0.1) is 0 Å². The minimum Gasteiger partial charge on any atom is -0.478 e. The lowest BCUT2D eigenvalue weighted by atomic mass is 10.2. The minimum atomic E-state index is -0.967. The van der Waals surface area contributed by atoms with E-state index in [1.54, 1.807) is 6.92 Å². The summed E-state index contributed by atoms with van der Waals surface area (Å²) < 4.78 is 5.11. The number of carboxylic acids is 1. The maximum Gasteiger partial charge on any atom is 0.407 e. The van der Waals surface area contributed by atoms with Crippen molar-refractivity contribution in [3.05, 3.63) is 47.5 Å². The molecule has 1 rings (SSSR count). The fourth-order valence-electron chi connectivity index (χ4n) is 1.47. The smallest absolute Gasteiger partial charge is 0.407 e. The lowest BCUT2D eigenvalue weighted by Gasteiger charge is -2.12. The van der Waals surface area contributed by atoms with Gasteiger partial charge in [0.1, 0.15) is 6.10 Å². The van der Waals surface area contributed by atoms with E-state index in [0.29, 0.717) is 13.0 Å². The summed E-state index contributed by atoms with van der Waals surface area (Å²) in [4.78, 5) is 22.1. The van der Waals surface area contributed by atoms with Gasteiger partial charge in [0.15, 0.2) is 0 Å². The molecule has 0 aliphatic carbocycles. The van der Waals surface area contributed by atoms with Crippen LogP contribution < -0.4 is 5.32 Å². The first-order valence-electron chi connectivity index (χ1n) is 6.37. The van der Waals surface area contributed by atoms with Gasteiger partial charge >= 0.3 is 12.1 Å². The molecule has 0 aliphatic heterocycles. The molecule has 0 spiro atoms. The second kappa shape index (κ2) is 7.99. The van der Waals surface area contributed by atoms with Gasteiger partial charge in [-0.15, -0.1) is 0 Å². The molecular formula is C15H19NO4. The van der Waals surface area contributed by atoms with Crippen LogP contribution in [0.5, 0.6) is 0 Å². The highest BCUT2D eigenvalue weighted by Crippen LogP contribution is 2.04. The van der Waals surface area contributed by atoms with Crippen LogP contribution in [-0.4, -0.2) is 23.3 Å². The summed E-state index contributed by atoms with van der Waals surface area (Å²) in [6, 6.07) is 9.50. The highest BCUT2D eigenvalue weighted by atomic mass is 16.6. The molecule has 0 radical (unpaired) electrons. The van der Waals surface area contributed by atoms with Crippen molar-refractivity contribution in [2.75, 3.05) is 0 Å². The molecule has 1 unspecified atom stereocenters. The monoisotopic (exact) mass is 277 g/mol. The Balaban J connectivity index is 2.31. The van der Waals surface area contributed by atoms with E-state index in [1.165, 1.54) is 13.0 Å². The van der Waals surface area contributed by atoms with Gasteiger partial charge < -0.3 is 15.2 Å². The Morgan fingerprint density at radius 3 is 2.60 bits per heavy atom. The van der Waals surface area contributed by atoms with Crippen LogP contribution in [0.1, 0.15) is 25.8 Å². The highest BCUT2D eigenvalue weighted by Gasteiger charge is 2.09. The van der Waals surface area contributed by atoms with Crippen molar-refractivity contribution in [2.24, 2.45) is 0 Å². The molecule has 2 N–H and O–H groups in total. The van der Waals surface area contributed by atoms with Gasteiger partial charge in [0, 0.05) is 18.5 Å². The molecule has 108 valence electrons. The summed E-state index contributed by atoms with van der Waals surface area (Å²) in [5, 5.41) is 11.3. The van der Waals surface area contributed by atoms with Crippen molar-refractivity contribution < 1.29 is 19.4 Å². The first-order valence-corrected chi connectivity index (χ1v) is 6.37. The number of rotatable bonds is 6. The van der Waals surface area contributed by atoms with Crippen molar-refractivity contribution in [1.82, 2.24) is 5.32 Å². The summed E-state index contributed by atoms with van der Waals surface area (Å²) in [5.41, 5.74) is 1.23. The molecule has 0 saturated carbocycles. The molecular weight excluding hydrogens is 258 g/mol. The van der Waals surface area contributed by atoms with E-state index in [2.05, 4.69) is 5.32 Å². The first kappa shape index (κ1) is 15.8. The van der Waals surface area contributed by atoms with Crippen LogP contribution in [0.4, 0.5) is 4.79 Å². The number of nitrogens with one attached hydrogen (secondary N) is 1. The fourth-order valence-corrected chi connectivity index (χ4v) is 1.47. The third kappa shape index (κ3) is 6.04. The largest absolute Gasteiger partial charge is 0.478 e. The lowest BCUT2D eigenvalue weighted by Crippen LogP contribution is -2.27. The zero-order valence-corrected chi connectivity index (χ0v) is 11.6. The summed E-state index contributed by atoms with van der Waals surface area (Å²) in [7, 11) is 0. The Labute approximate surface area is 118 Å². The van der Waals surface area contributed by atoms with Crippen molar-refractivity contribution in [1.29, 1.82) is 0 Å². The second-order valence-corrected chi connectivity index (χ2v) is 4.48. The van der Waals surface area contributed by atoms with Gasteiger partial charge in [-0.25, -0.2) is 9.59 Å². The van der Waals surface area contributed by atoms with E-state index in [4.69, 9.17) is 9.84 Å². The number of benzene rings is 1. The summed E-state index contributed by atoms with van der Waals surface area (Å²) in [6.07, 6.45) is 1.02. The molecule has 20 heavy (non-hydrogen) atoms. The summed E-state index contributed by atoms with van der Waals surface area (Å²) >= 11 is 0. The molecule has 0 fully saturated rings. The van der Waals surface area contributed by atoms with Crippen LogP contribution >= 0.6 is 0 Å². The van der Waals surface area contributed by atoms with E-state index >= 15 is 0 Å². The molecule has 5 nitrogen and oxygen atoms in total. The van der Waals surface area contributed by atoms with Crippen LogP contribution in [0.3, 0.4) is 0 Å². The zero-order chi connectivity index (χ0) is 15.0. The molecule has 0 bridgehead atoms.